The molecule has 2 heterocycles. The molecule has 8 heteroatoms. The first-order chi connectivity index (χ1) is 15.4. The number of carbonyl (C=O) groups is 1. The number of nitro benzene ring substituents is 1. The lowest BCUT2D eigenvalue weighted by molar-refractivity contribution is -0.384. The van der Waals surface area contributed by atoms with Crippen molar-refractivity contribution in [2.45, 2.75) is 13.0 Å². The fourth-order valence-electron chi connectivity index (χ4n) is 4.04. The van der Waals surface area contributed by atoms with E-state index in [1.54, 1.807) is 29.2 Å². The highest BCUT2D eigenvalue weighted by atomic mass is 35.5. The van der Waals surface area contributed by atoms with Gasteiger partial charge in [-0.3, -0.25) is 24.9 Å². The lowest BCUT2D eigenvalue weighted by Gasteiger charge is -2.26. The van der Waals surface area contributed by atoms with Crippen molar-refractivity contribution in [3.63, 3.8) is 0 Å². The van der Waals surface area contributed by atoms with Crippen molar-refractivity contribution in [2.75, 3.05) is 4.90 Å². The fraction of sp³-hybridized carbons (Fsp3) is 0.0833. The Morgan fingerprint density at radius 1 is 1.00 bits per heavy atom. The van der Waals surface area contributed by atoms with E-state index in [1.807, 2.05) is 43.3 Å². The predicted molar refractivity (Wildman–Crippen MR) is 122 cm³/mol. The molecule has 1 aromatic heterocycles. The zero-order valence-corrected chi connectivity index (χ0v) is 17.7. The van der Waals surface area contributed by atoms with Gasteiger partial charge >= 0.3 is 0 Å². The maximum Gasteiger partial charge on any atom is 0.277 e. The van der Waals surface area contributed by atoms with Crippen LogP contribution in [0.3, 0.4) is 0 Å². The minimum atomic E-state index is -0.495. The van der Waals surface area contributed by atoms with Crippen LogP contribution < -0.4 is 4.90 Å². The van der Waals surface area contributed by atoms with Crippen LogP contribution in [-0.4, -0.2) is 21.0 Å². The first kappa shape index (κ1) is 20.0. The SMILES string of the molecule is Cc1ccc(N2C(=O)c3[nH]nc(-c4ccc(Cl)cc4)c3[C@@H]2c2ccc([N+](=O)[O-])cc2)cc1. The van der Waals surface area contributed by atoms with Gasteiger partial charge < -0.3 is 0 Å². The second kappa shape index (κ2) is 7.62. The van der Waals surface area contributed by atoms with Crippen molar-refractivity contribution < 1.29 is 9.72 Å². The lowest BCUT2D eigenvalue weighted by Crippen LogP contribution is -2.29. The van der Waals surface area contributed by atoms with Crippen molar-refractivity contribution >= 4 is 28.9 Å². The zero-order chi connectivity index (χ0) is 22.4. The van der Waals surface area contributed by atoms with Crippen LogP contribution in [0.2, 0.25) is 5.02 Å². The molecule has 5 rings (SSSR count). The number of carbonyl (C=O) groups excluding carboxylic acids is 1. The first-order valence-corrected chi connectivity index (χ1v) is 10.3. The smallest absolute Gasteiger partial charge is 0.277 e. The number of fused-ring (bicyclic) bond motifs is 1. The van der Waals surface area contributed by atoms with E-state index in [2.05, 4.69) is 10.2 Å². The summed E-state index contributed by atoms with van der Waals surface area (Å²) in [7, 11) is 0. The molecular formula is C24H17ClN4O3. The fourth-order valence-corrected chi connectivity index (χ4v) is 4.17. The van der Waals surface area contributed by atoms with Crippen molar-refractivity contribution in [1.29, 1.82) is 0 Å². The molecule has 1 aliphatic heterocycles. The lowest BCUT2D eigenvalue weighted by atomic mass is 9.95. The number of rotatable bonds is 4. The van der Waals surface area contributed by atoms with E-state index in [9.17, 15) is 14.9 Å². The van der Waals surface area contributed by atoms with E-state index in [-0.39, 0.29) is 11.6 Å². The summed E-state index contributed by atoms with van der Waals surface area (Å²) in [6, 6.07) is 20.7. The Bertz CT molecular complexity index is 1330. The molecule has 32 heavy (non-hydrogen) atoms. The molecule has 7 nitrogen and oxygen atoms in total. The van der Waals surface area contributed by atoms with E-state index in [1.165, 1.54) is 12.1 Å². The van der Waals surface area contributed by atoms with Crippen molar-refractivity contribution in [2.24, 2.45) is 0 Å². The number of hydrogen-bond acceptors (Lipinski definition) is 4. The Balaban J connectivity index is 1.70. The molecule has 0 fully saturated rings. The zero-order valence-electron chi connectivity index (χ0n) is 16.9. The molecule has 0 saturated carbocycles. The van der Waals surface area contributed by atoms with Crippen LogP contribution in [0.15, 0.2) is 72.8 Å². The average Bonchev–Trinajstić information content (AvgIpc) is 3.34. The topological polar surface area (TPSA) is 92.1 Å². The van der Waals surface area contributed by atoms with Gasteiger partial charge in [0.05, 0.1) is 16.7 Å². The number of aryl methyl sites for hydroxylation is 1. The van der Waals surface area contributed by atoms with Crippen LogP contribution in [0.5, 0.6) is 0 Å². The number of hydrogen-bond donors (Lipinski definition) is 1. The number of anilines is 1. The van der Waals surface area contributed by atoms with E-state index in [4.69, 9.17) is 11.6 Å². The maximum absolute atomic E-state index is 13.5. The Hall–Kier alpha value is -3.97. The number of aromatic amines is 1. The third kappa shape index (κ3) is 3.23. The summed E-state index contributed by atoms with van der Waals surface area (Å²) < 4.78 is 0. The number of nitro groups is 1. The third-order valence-electron chi connectivity index (χ3n) is 5.62. The highest BCUT2D eigenvalue weighted by Crippen LogP contribution is 2.45. The quantitative estimate of drug-likeness (QED) is 0.323. The van der Waals surface area contributed by atoms with Crippen molar-refractivity contribution in [3.8, 4) is 11.3 Å². The molecule has 1 atom stereocenters. The van der Waals surface area contributed by atoms with Gasteiger partial charge in [0.15, 0.2) is 0 Å². The summed E-state index contributed by atoms with van der Waals surface area (Å²) in [5.74, 6) is -0.208. The Morgan fingerprint density at radius 3 is 2.28 bits per heavy atom. The average molecular weight is 445 g/mol. The van der Waals surface area contributed by atoms with Gasteiger partial charge in [-0.25, -0.2) is 0 Å². The van der Waals surface area contributed by atoms with Gasteiger partial charge in [0, 0.05) is 34.0 Å². The summed E-state index contributed by atoms with van der Waals surface area (Å²) in [6.07, 6.45) is 0. The third-order valence-corrected chi connectivity index (χ3v) is 5.87. The second-order valence-corrected chi connectivity index (χ2v) is 8.07. The van der Waals surface area contributed by atoms with Crippen LogP contribution in [-0.2, 0) is 0 Å². The molecule has 0 unspecified atom stereocenters. The number of non-ortho nitro benzene ring substituents is 1. The molecule has 0 radical (unpaired) electrons. The largest absolute Gasteiger partial charge is 0.295 e. The van der Waals surface area contributed by atoms with E-state index in [0.717, 1.165) is 27.9 Å². The number of benzene rings is 3. The standard InChI is InChI=1S/C24H17ClN4O3/c1-14-2-10-18(11-3-14)28-23(16-6-12-19(13-7-16)29(31)32)20-21(26-27-22(20)24(28)30)15-4-8-17(25)9-5-15/h2-13,23H,1H3,(H,26,27)/t23-/m0/s1. The van der Waals surface area contributed by atoms with E-state index >= 15 is 0 Å². The van der Waals surface area contributed by atoms with E-state index < -0.39 is 11.0 Å². The van der Waals surface area contributed by atoms with Gasteiger partial charge in [-0.1, -0.05) is 41.4 Å². The molecule has 3 aromatic carbocycles. The van der Waals surface area contributed by atoms with Crippen LogP contribution in [0.4, 0.5) is 11.4 Å². The van der Waals surface area contributed by atoms with Crippen LogP contribution >= 0.6 is 11.6 Å². The first-order valence-electron chi connectivity index (χ1n) is 9.93. The number of halogens is 1. The summed E-state index contributed by atoms with van der Waals surface area (Å²) in [6.45, 7) is 1.98. The molecule has 0 aliphatic carbocycles. The number of nitrogens with zero attached hydrogens (tertiary/aromatic N) is 3. The van der Waals surface area contributed by atoms with Crippen molar-refractivity contribution in [1.82, 2.24) is 10.2 Å². The van der Waals surface area contributed by atoms with E-state index in [0.29, 0.717) is 16.4 Å². The van der Waals surface area contributed by atoms with Gasteiger partial charge in [-0.15, -0.1) is 0 Å². The molecule has 1 aliphatic rings. The number of H-pyrrole nitrogens is 1. The second-order valence-electron chi connectivity index (χ2n) is 7.63. The minimum Gasteiger partial charge on any atom is -0.295 e. The highest BCUT2D eigenvalue weighted by molar-refractivity contribution is 6.30. The van der Waals surface area contributed by atoms with Crippen molar-refractivity contribution in [3.05, 3.63) is 110 Å². The summed E-state index contributed by atoms with van der Waals surface area (Å²) >= 11 is 6.05. The molecule has 158 valence electrons. The normalized spacial score (nSPS) is 15.1. The van der Waals surface area contributed by atoms with Gasteiger partial charge in [-0.05, 0) is 48.9 Å². The molecule has 1 N–H and O–H groups in total. The molecule has 0 saturated heterocycles. The summed E-state index contributed by atoms with van der Waals surface area (Å²) in [4.78, 5) is 25.9. The number of amides is 1. The summed E-state index contributed by atoms with van der Waals surface area (Å²) in [5.41, 5.74) is 5.14. The highest BCUT2D eigenvalue weighted by Gasteiger charge is 2.43. The van der Waals surface area contributed by atoms with Gasteiger partial charge in [0.25, 0.3) is 11.6 Å². The van der Waals surface area contributed by atoms with Crippen LogP contribution in [0.1, 0.15) is 33.2 Å². The Labute approximate surface area is 188 Å². The molecule has 0 spiro atoms. The monoisotopic (exact) mass is 444 g/mol. The van der Waals surface area contributed by atoms with Gasteiger partial charge in [0.1, 0.15) is 5.69 Å². The number of aromatic nitrogens is 2. The summed E-state index contributed by atoms with van der Waals surface area (Å²) in [5, 5.41) is 19.1. The minimum absolute atomic E-state index is 0.00898. The maximum atomic E-state index is 13.5. The molecule has 0 bridgehead atoms. The van der Waals surface area contributed by atoms with Crippen LogP contribution in [0.25, 0.3) is 11.3 Å². The van der Waals surface area contributed by atoms with Gasteiger partial charge in [0.2, 0.25) is 0 Å². The number of nitrogens with one attached hydrogen (secondary N) is 1. The molecule has 1 amide bonds. The molecule has 4 aromatic rings. The predicted octanol–water partition coefficient (Wildman–Crippen LogP) is 5.70. The van der Waals surface area contributed by atoms with Gasteiger partial charge in [-0.2, -0.15) is 5.10 Å². The van der Waals surface area contributed by atoms with Crippen LogP contribution in [0, 0.1) is 17.0 Å². The Kier molecular flexibility index (Phi) is 4.75. The molecular weight excluding hydrogens is 428 g/mol. The Morgan fingerprint density at radius 2 is 1.66 bits per heavy atom.